The number of nitrogens with one attached hydrogen (secondary N) is 1. The number of hydrogen-bond acceptors (Lipinski definition) is 5. The SMILES string of the molecule is CC(C)(C)CNS(=O)(=O)c1ccc([N+](=O)[O-])c(N)c1. The van der Waals surface area contributed by atoms with Gasteiger partial charge in [0.1, 0.15) is 5.69 Å². The highest BCUT2D eigenvalue weighted by molar-refractivity contribution is 7.89. The van der Waals surface area contributed by atoms with Crippen molar-refractivity contribution < 1.29 is 13.3 Å². The maximum Gasteiger partial charge on any atom is 0.292 e. The lowest BCUT2D eigenvalue weighted by molar-refractivity contribution is -0.383. The zero-order valence-corrected chi connectivity index (χ0v) is 11.8. The van der Waals surface area contributed by atoms with E-state index in [-0.39, 0.29) is 28.2 Å². The average Bonchev–Trinajstić information content (AvgIpc) is 2.25. The Hall–Kier alpha value is -1.67. The van der Waals surface area contributed by atoms with Crippen LogP contribution in [0.5, 0.6) is 0 Å². The second-order valence-corrected chi connectivity index (χ2v) is 7.13. The van der Waals surface area contributed by atoms with Crippen LogP contribution in [0.3, 0.4) is 0 Å². The van der Waals surface area contributed by atoms with Crippen LogP contribution in [0.2, 0.25) is 0 Å². The Morgan fingerprint density at radius 3 is 2.37 bits per heavy atom. The number of benzene rings is 1. The fourth-order valence-corrected chi connectivity index (χ4v) is 2.58. The molecule has 1 aromatic carbocycles. The summed E-state index contributed by atoms with van der Waals surface area (Å²) in [6, 6.07) is 3.34. The average molecular weight is 287 g/mol. The summed E-state index contributed by atoms with van der Waals surface area (Å²) in [7, 11) is -3.71. The highest BCUT2D eigenvalue weighted by Gasteiger charge is 2.21. The summed E-state index contributed by atoms with van der Waals surface area (Å²) in [4.78, 5) is 9.86. The molecule has 0 unspecified atom stereocenters. The molecule has 0 aliphatic heterocycles. The van der Waals surface area contributed by atoms with Crippen LogP contribution >= 0.6 is 0 Å². The van der Waals surface area contributed by atoms with Gasteiger partial charge in [-0.1, -0.05) is 20.8 Å². The van der Waals surface area contributed by atoms with Crippen molar-refractivity contribution in [3.63, 3.8) is 0 Å². The van der Waals surface area contributed by atoms with Crippen molar-refractivity contribution in [2.24, 2.45) is 5.41 Å². The quantitative estimate of drug-likeness (QED) is 0.494. The van der Waals surface area contributed by atoms with Gasteiger partial charge in [-0.25, -0.2) is 13.1 Å². The van der Waals surface area contributed by atoms with E-state index in [9.17, 15) is 18.5 Å². The van der Waals surface area contributed by atoms with Crippen LogP contribution in [-0.4, -0.2) is 19.9 Å². The Bertz CT molecular complexity index is 590. The minimum absolute atomic E-state index is 0.0835. The molecule has 0 amide bonds. The molecule has 0 aromatic heterocycles. The molecule has 0 saturated carbocycles. The molecule has 7 nitrogen and oxygen atoms in total. The van der Waals surface area contributed by atoms with Gasteiger partial charge in [0.2, 0.25) is 10.0 Å². The fourth-order valence-electron chi connectivity index (χ4n) is 1.26. The van der Waals surface area contributed by atoms with E-state index < -0.39 is 14.9 Å². The Labute approximate surface area is 112 Å². The van der Waals surface area contributed by atoms with E-state index in [1.807, 2.05) is 20.8 Å². The number of nitro groups is 1. The second-order valence-electron chi connectivity index (χ2n) is 5.36. The first-order chi connectivity index (χ1) is 8.53. The maximum absolute atomic E-state index is 12.0. The number of nitro benzene ring substituents is 1. The summed E-state index contributed by atoms with van der Waals surface area (Å²) in [5.74, 6) is 0. The molecule has 1 rings (SSSR count). The fraction of sp³-hybridized carbons (Fsp3) is 0.455. The highest BCUT2D eigenvalue weighted by Crippen LogP contribution is 2.24. The van der Waals surface area contributed by atoms with E-state index in [0.717, 1.165) is 12.1 Å². The molecular formula is C11H17N3O4S. The summed E-state index contributed by atoms with van der Waals surface area (Å²) in [6.07, 6.45) is 0. The monoisotopic (exact) mass is 287 g/mol. The Balaban J connectivity index is 3.03. The second kappa shape index (κ2) is 5.14. The molecule has 0 saturated heterocycles. The molecule has 8 heteroatoms. The van der Waals surface area contributed by atoms with Gasteiger partial charge in [0.05, 0.1) is 9.82 Å². The van der Waals surface area contributed by atoms with Crippen LogP contribution in [0, 0.1) is 15.5 Å². The zero-order chi connectivity index (χ0) is 14.8. The third-order valence-corrected chi connectivity index (χ3v) is 3.70. The number of sulfonamides is 1. The van der Waals surface area contributed by atoms with Crippen LogP contribution in [0.15, 0.2) is 23.1 Å². The van der Waals surface area contributed by atoms with Gasteiger partial charge in [-0.05, 0) is 17.5 Å². The maximum atomic E-state index is 12.0. The van der Waals surface area contributed by atoms with E-state index >= 15 is 0 Å². The van der Waals surface area contributed by atoms with Crippen molar-refractivity contribution in [1.82, 2.24) is 4.72 Å². The number of nitrogens with two attached hydrogens (primary N) is 1. The largest absolute Gasteiger partial charge is 0.393 e. The van der Waals surface area contributed by atoms with Crippen LogP contribution < -0.4 is 10.5 Å². The molecule has 3 N–H and O–H groups in total. The topological polar surface area (TPSA) is 115 Å². The highest BCUT2D eigenvalue weighted by atomic mass is 32.2. The Kier molecular flexibility index (Phi) is 4.16. The van der Waals surface area contributed by atoms with Crippen molar-refractivity contribution in [1.29, 1.82) is 0 Å². The predicted molar refractivity (Wildman–Crippen MR) is 72.2 cm³/mol. The lowest BCUT2D eigenvalue weighted by Crippen LogP contribution is -2.32. The molecule has 0 aliphatic carbocycles. The first-order valence-electron chi connectivity index (χ1n) is 5.56. The Morgan fingerprint density at radius 1 is 1.37 bits per heavy atom. The van der Waals surface area contributed by atoms with Gasteiger partial charge in [-0.15, -0.1) is 0 Å². The minimum atomic E-state index is -3.71. The number of nitrogens with zero attached hydrogens (tertiary/aromatic N) is 1. The van der Waals surface area contributed by atoms with Gasteiger partial charge in [0, 0.05) is 12.6 Å². The molecule has 19 heavy (non-hydrogen) atoms. The minimum Gasteiger partial charge on any atom is -0.393 e. The van der Waals surface area contributed by atoms with Gasteiger partial charge >= 0.3 is 0 Å². The molecule has 0 bridgehead atoms. The van der Waals surface area contributed by atoms with Crippen molar-refractivity contribution >= 4 is 21.4 Å². The summed E-state index contributed by atoms with van der Waals surface area (Å²) in [6.45, 7) is 5.92. The zero-order valence-electron chi connectivity index (χ0n) is 11.0. The molecule has 106 valence electrons. The number of hydrogen-bond donors (Lipinski definition) is 2. The molecule has 0 heterocycles. The van der Waals surface area contributed by atoms with Crippen LogP contribution in [-0.2, 0) is 10.0 Å². The molecule has 0 aliphatic rings. The summed E-state index contributed by atoms with van der Waals surface area (Å²) < 4.78 is 26.4. The van der Waals surface area contributed by atoms with Gasteiger partial charge in [0.15, 0.2) is 0 Å². The van der Waals surface area contributed by atoms with E-state index in [4.69, 9.17) is 5.73 Å². The summed E-state index contributed by atoms with van der Waals surface area (Å²) in [5.41, 5.74) is 4.77. The predicted octanol–water partition coefficient (Wildman–Crippen LogP) is 1.50. The molecule has 0 spiro atoms. The van der Waals surface area contributed by atoms with Gasteiger partial charge in [-0.3, -0.25) is 10.1 Å². The lowest BCUT2D eigenvalue weighted by Gasteiger charge is -2.18. The van der Waals surface area contributed by atoms with Gasteiger partial charge in [0.25, 0.3) is 5.69 Å². The number of nitrogen functional groups attached to an aromatic ring is 1. The van der Waals surface area contributed by atoms with Crippen LogP contribution in [0.25, 0.3) is 0 Å². The van der Waals surface area contributed by atoms with Crippen molar-refractivity contribution in [2.45, 2.75) is 25.7 Å². The third-order valence-electron chi connectivity index (χ3n) is 2.30. The third kappa shape index (κ3) is 4.18. The van der Waals surface area contributed by atoms with Crippen molar-refractivity contribution in [3.05, 3.63) is 28.3 Å². The molecular weight excluding hydrogens is 270 g/mol. The lowest BCUT2D eigenvalue weighted by atomic mass is 9.98. The van der Waals surface area contributed by atoms with Crippen molar-refractivity contribution in [3.8, 4) is 0 Å². The summed E-state index contributed by atoms with van der Waals surface area (Å²) in [5, 5.41) is 10.6. The molecule has 0 atom stereocenters. The van der Waals surface area contributed by atoms with Crippen molar-refractivity contribution in [2.75, 3.05) is 12.3 Å². The molecule has 0 radical (unpaired) electrons. The van der Waals surface area contributed by atoms with Gasteiger partial charge in [-0.2, -0.15) is 0 Å². The standard InChI is InChI=1S/C11H17N3O4S/c1-11(2,3)7-13-19(17,18)8-4-5-10(14(15)16)9(12)6-8/h4-6,13H,7,12H2,1-3H3. The number of rotatable bonds is 4. The smallest absolute Gasteiger partial charge is 0.292 e. The first kappa shape index (κ1) is 15.4. The number of anilines is 1. The van der Waals surface area contributed by atoms with Gasteiger partial charge < -0.3 is 5.73 Å². The van der Waals surface area contributed by atoms with E-state index in [0.29, 0.717) is 0 Å². The molecule has 0 fully saturated rings. The van der Waals surface area contributed by atoms with Crippen LogP contribution in [0.1, 0.15) is 20.8 Å². The first-order valence-corrected chi connectivity index (χ1v) is 7.05. The normalized spacial score (nSPS) is 12.4. The van der Waals surface area contributed by atoms with E-state index in [2.05, 4.69) is 4.72 Å². The van der Waals surface area contributed by atoms with E-state index in [1.54, 1.807) is 0 Å². The van der Waals surface area contributed by atoms with E-state index in [1.165, 1.54) is 6.07 Å². The molecule has 1 aromatic rings. The van der Waals surface area contributed by atoms with Crippen LogP contribution in [0.4, 0.5) is 11.4 Å². The Morgan fingerprint density at radius 2 is 1.95 bits per heavy atom. The summed E-state index contributed by atoms with van der Waals surface area (Å²) >= 11 is 0.